The Bertz CT molecular complexity index is 555. The highest BCUT2D eigenvalue weighted by Crippen LogP contribution is 2.09. The highest BCUT2D eigenvalue weighted by Gasteiger charge is 2.11. The van der Waals surface area contributed by atoms with Crippen LogP contribution in [0, 0.1) is 5.92 Å². The first-order valence-corrected chi connectivity index (χ1v) is 11.4. The summed E-state index contributed by atoms with van der Waals surface area (Å²) in [5, 5.41) is 0. The first-order chi connectivity index (χ1) is 14.5. The van der Waals surface area contributed by atoms with E-state index in [0.29, 0.717) is 25.2 Å². The maximum Gasteiger partial charge on any atom is 0.306 e. The van der Waals surface area contributed by atoms with E-state index in [1.54, 1.807) is 0 Å². The molecule has 0 saturated carbocycles. The van der Waals surface area contributed by atoms with E-state index >= 15 is 0 Å². The summed E-state index contributed by atoms with van der Waals surface area (Å²) < 4.78 is 10.2. The van der Waals surface area contributed by atoms with E-state index < -0.39 is 0 Å². The molecule has 170 valence electrons. The maximum absolute atomic E-state index is 12.0. The first-order valence-electron chi connectivity index (χ1n) is 11.4. The third-order valence-electron chi connectivity index (χ3n) is 4.36. The summed E-state index contributed by atoms with van der Waals surface area (Å²) in [5.41, 5.74) is 0. The molecule has 0 radical (unpaired) electrons. The van der Waals surface area contributed by atoms with Crippen molar-refractivity contribution in [3.63, 3.8) is 0 Å². The fourth-order valence-corrected chi connectivity index (χ4v) is 2.68. The minimum Gasteiger partial charge on any atom is -0.469 e. The highest BCUT2D eigenvalue weighted by atomic mass is 16.5. The van der Waals surface area contributed by atoms with Gasteiger partial charge < -0.3 is 9.47 Å². The van der Waals surface area contributed by atoms with Gasteiger partial charge in [-0.1, -0.05) is 76.1 Å². The van der Waals surface area contributed by atoms with Crippen molar-refractivity contribution in [3.05, 3.63) is 48.6 Å². The van der Waals surface area contributed by atoms with Crippen molar-refractivity contribution >= 4 is 11.9 Å². The Balaban J connectivity index is 4.36. The minimum absolute atomic E-state index is 0.141. The minimum atomic E-state index is -0.225. The monoisotopic (exact) mass is 418 g/mol. The van der Waals surface area contributed by atoms with Crippen molar-refractivity contribution in [1.29, 1.82) is 0 Å². The standard InChI is InChI=1S/C26H42O4/c1-5-6-7-8-13-16-19-24(30-26(28)22-23(2)3)20-17-14-11-9-10-12-15-18-21-25(27)29-4/h10-14,16-17,20,23-24H,5-9,15,18-19,21-22H2,1-4H3/b12-10-,14-11+,16-13-,20-17+. The van der Waals surface area contributed by atoms with Crippen LogP contribution in [0.15, 0.2) is 48.6 Å². The molecule has 0 bridgehead atoms. The van der Waals surface area contributed by atoms with E-state index in [1.165, 1.54) is 26.4 Å². The molecule has 1 atom stereocenters. The number of rotatable bonds is 17. The van der Waals surface area contributed by atoms with E-state index in [2.05, 4.69) is 42.0 Å². The van der Waals surface area contributed by atoms with Crippen molar-refractivity contribution < 1.29 is 19.1 Å². The second-order valence-electron chi connectivity index (χ2n) is 7.82. The molecule has 4 nitrogen and oxygen atoms in total. The zero-order valence-corrected chi connectivity index (χ0v) is 19.5. The fraction of sp³-hybridized carbons (Fsp3) is 0.615. The Kier molecular flexibility index (Phi) is 18.8. The Hall–Kier alpha value is -2.10. The van der Waals surface area contributed by atoms with Gasteiger partial charge in [0, 0.05) is 19.3 Å². The van der Waals surface area contributed by atoms with Gasteiger partial charge >= 0.3 is 11.9 Å². The lowest BCUT2D eigenvalue weighted by Gasteiger charge is -2.13. The SMILES string of the molecule is CCCCC/C=C\CC(/C=C/C=C/C/C=C\CCCC(=O)OC)OC(=O)CC(C)C. The van der Waals surface area contributed by atoms with Gasteiger partial charge in [0.25, 0.3) is 0 Å². The number of allylic oxidation sites excluding steroid dienone is 6. The largest absolute Gasteiger partial charge is 0.469 e. The Morgan fingerprint density at radius 3 is 2.30 bits per heavy atom. The molecule has 0 aliphatic rings. The van der Waals surface area contributed by atoms with Crippen molar-refractivity contribution in [3.8, 4) is 0 Å². The molecule has 4 heteroatoms. The topological polar surface area (TPSA) is 52.6 Å². The molecule has 0 aromatic carbocycles. The van der Waals surface area contributed by atoms with Crippen LogP contribution in [-0.2, 0) is 19.1 Å². The van der Waals surface area contributed by atoms with Crippen LogP contribution in [-0.4, -0.2) is 25.2 Å². The van der Waals surface area contributed by atoms with Crippen LogP contribution >= 0.6 is 0 Å². The molecule has 30 heavy (non-hydrogen) atoms. The lowest BCUT2D eigenvalue weighted by molar-refractivity contribution is -0.147. The van der Waals surface area contributed by atoms with E-state index in [-0.39, 0.29) is 18.0 Å². The number of methoxy groups -OCH3 is 1. The predicted octanol–water partition coefficient (Wildman–Crippen LogP) is 6.87. The lowest BCUT2D eigenvalue weighted by Crippen LogP contribution is -2.16. The quantitative estimate of drug-likeness (QED) is 0.112. The summed E-state index contributed by atoms with van der Waals surface area (Å²) in [7, 11) is 1.41. The summed E-state index contributed by atoms with van der Waals surface area (Å²) in [6.07, 6.45) is 25.1. The average Bonchev–Trinajstić information content (AvgIpc) is 2.70. The van der Waals surface area contributed by atoms with E-state index in [9.17, 15) is 9.59 Å². The second-order valence-corrected chi connectivity index (χ2v) is 7.82. The average molecular weight is 419 g/mol. The number of hydrogen-bond acceptors (Lipinski definition) is 4. The second kappa shape index (κ2) is 20.2. The molecule has 0 heterocycles. The van der Waals surface area contributed by atoms with Crippen LogP contribution in [0.25, 0.3) is 0 Å². The molecule has 0 aromatic rings. The predicted molar refractivity (Wildman–Crippen MR) is 125 cm³/mol. The van der Waals surface area contributed by atoms with Gasteiger partial charge in [-0.2, -0.15) is 0 Å². The van der Waals surface area contributed by atoms with Crippen molar-refractivity contribution in [2.24, 2.45) is 5.92 Å². The van der Waals surface area contributed by atoms with Crippen molar-refractivity contribution in [2.75, 3.05) is 7.11 Å². The Labute approximate surface area is 184 Å². The zero-order chi connectivity index (χ0) is 22.5. The first kappa shape index (κ1) is 27.9. The zero-order valence-electron chi connectivity index (χ0n) is 19.5. The van der Waals surface area contributed by atoms with Crippen LogP contribution in [0.1, 0.15) is 85.0 Å². The number of esters is 2. The maximum atomic E-state index is 12.0. The third kappa shape index (κ3) is 19.2. The van der Waals surface area contributed by atoms with Crippen molar-refractivity contribution in [1.82, 2.24) is 0 Å². The lowest BCUT2D eigenvalue weighted by atomic mass is 10.1. The van der Waals surface area contributed by atoms with Crippen LogP contribution in [0.2, 0.25) is 0 Å². The molecule has 0 aliphatic carbocycles. The number of unbranched alkanes of at least 4 members (excludes halogenated alkanes) is 4. The molecule has 0 fully saturated rings. The summed E-state index contributed by atoms with van der Waals surface area (Å²) in [4.78, 5) is 23.0. The van der Waals surface area contributed by atoms with E-state index in [0.717, 1.165) is 25.7 Å². The molecule has 0 rings (SSSR count). The van der Waals surface area contributed by atoms with Gasteiger partial charge in [0.2, 0.25) is 0 Å². The van der Waals surface area contributed by atoms with Gasteiger partial charge in [-0.3, -0.25) is 9.59 Å². The Morgan fingerprint density at radius 1 is 0.867 bits per heavy atom. The summed E-state index contributed by atoms with van der Waals surface area (Å²) in [6, 6.07) is 0. The molecule has 0 saturated heterocycles. The van der Waals surface area contributed by atoms with Gasteiger partial charge in [-0.25, -0.2) is 0 Å². The molecule has 0 spiro atoms. The number of carbonyl (C=O) groups excluding carboxylic acids is 2. The van der Waals surface area contributed by atoms with E-state index in [4.69, 9.17) is 4.74 Å². The third-order valence-corrected chi connectivity index (χ3v) is 4.36. The fourth-order valence-electron chi connectivity index (χ4n) is 2.68. The molecule has 0 amide bonds. The smallest absolute Gasteiger partial charge is 0.306 e. The van der Waals surface area contributed by atoms with Crippen molar-refractivity contribution in [2.45, 2.75) is 91.1 Å². The van der Waals surface area contributed by atoms with E-state index in [1.807, 2.05) is 32.1 Å². The van der Waals surface area contributed by atoms with Crippen LogP contribution < -0.4 is 0 Å². The highest BCUT2D eigenvalue weighted by molar-refractivity contribution is 5.70. The Morgan fingerprint density at radius 2 is 1.60 bits per heavy atom. The number of hydrogen-bond donors (Lipinski definition) is 0. The summed E-state index contributed by atoms with van der Waals surface area (Å²) in [5.74, 6) is -0.00296. The van der Waals surface area contributed by atoms with Crippen LogP contribution in [0.3, 0.4) is 0 Å². The molecule has 0 aromatic heterocycles. The molecular formula is C26H42O4. The van der Waals surface area contributed by atoms with Crippen LogP contribution in [0.4, 0.5) is 0 Å². The molecule has 1 unspecified atom stereocenters. The van der Waals surface area contributed by atoms with Gasteiger partial charge in [-0.15, -0.1) is 0 Å². The van der Waals surface area contributed by atoms with Gasteiger partial charge in [0.05, 0.1) is 7.11 Å². The summed E-state index contributed by atoms with van der Waals surface area (Å²) in [6.45, 7) is 6.24. The molecular weight excluding hydrogens is 376 g/mol. The number of carbonyl (C=O) groups is 2. The van der Waals surface area contributed by atoms with Gasteiger partial charge in [0.1, 0.15) is 6.10 Å². The number of ether oxygens (including phenoxy) is 2. The van der Waals surface area contributed by atoms with Crippen LogP contribution in [0.5, 0.6) is 0 Å². The normalized spacial score (nSPS) is 13.2. The van der Waals surface area contributed by atoms with Gasteiger partial charge in [0.15, 0.2) is 0 Å². The summed E-state index contributed by atoms with van der Waals surface area (Å²) >= 11 is 0. The molecule has 0 aliphatic heterocycles. The molecule has 0 N–H and O–H groups in total. The van der Waals surface area contributed by atoms with Gasteiger partial charge in [-0.05, 0) is 44.1 Å².